The van der Waals surface area contributed by atoms with Crippen LogP contribution in [0.25, 0.3) is 5.69 Å². The Hall–Kier alpha value is -1.69. The maximum atomic E-state index is 10.9. The third-order valence-corrected chi connectivity index (χ3v) is 3.14. The Bertz CT molecular complexity index is 540. The standard InChI is InChI=1S/C11H10BrN3O2/c1-7(11(16)17)8-2-3-10(9(12)4-8)15-6-13-5-14-15/h2-7H,1H3,(H,16,17). The number of aliphatic carboxylic acids is 1. The minimum atomic E-state index is -0.842. The molecule has 88 valence electrons. The highest BCUT2D eigenvalue weighted by molar-refractivity contribution is 9.10. The lowest BCUT2D eigenvalue weighted by Gasteiger charge is -2.09. The maximum absolute atomic E-state index is 10.9. The molecular weight excluding hydrogens is 286 g/mol. The third-order valence-electron chi connectivity index (χ3n) is 2.51. The molecule has 0 fully saturated rings. The van der Waals surface area contributed by atoms with E-state index in [0.29, 0.717) is 0 Å². The molecule has 1 unspecified atom stereocenters. The Labute approximate surface area is 106 Å². The average molecular weight is 296 g/mol. The molecule has 2 aromatic rings. The molecule has 6 heteroatoms. The molecule has 5 nitrogen and oxygen atoms in total. The summed E-state index contributed by atoms with van der Waals surface area (Å²) in [5, 5.41) is 13.0. The maximum Gasteiger partial charge on any atom is 0.310 e. The molecule has 2 rings (SSSR count). The lowest BCUT2D eigenvalue weighted by molar-refractivity contribution is -0.138. The van der Waals surface area contributed by atoms with Crippen LogP contribution in [0.5, 0.6) is 0 Å². The van der Waals surface area contributed by atoms with E-state index in [1.807, 2.05) is 6.07 Å². The van der Waals surface area contributed by atoms with E-state index in [-0.39, 0.29) is 0 Å². The van der Waals surface area contributed by atoms with Crippen molar-refractivity contribution >= 4 is 21.9 Å². The fourth-order valence-electron chi connectivity index (χ4n) is 1.45. The Morgan fingerprint density at radius 1 is 1.53 bits per heavy atom. The molecule has 0 spiro atoms. The molecule has 0 amide bonds. The van der Waals surface area contributed by atoms with Gasteiger partial charge in [0.05, 0.1) is 11.6 Å². The summed E-state index contributed by atoms with van der Waals surface area (Å²) >= 11 is 3.40. The first-order valence-electron chi connectivity index (χ1n) is 4.97. The molecule has 1 aromatic carbocycles. The summed E-state index contributed by atoms with van der Waals surface area (Å²) in [6.07, 6.45) is 3.03. The topological polar surface area (TPSA) is 68.0 Å². The molecule has 0 saturated carbocycles. The van der Waals surface area contributed by atoms with Gasteiger partial charge in [-0.2, -0.15) is 5.10 Å². The molecular formula is C11H10BrN3O2. The van der Waals surface area contributed by atoms with Gasteiger partial charge < -0.3 is 5.11 Å². The number of hydrogen-bond acceptors (Lipinski definition) is 3. The minimum Gasteiger partial charge on any atom is -0.481 e. The van der Waals surface area contributed by atoms with Crippen LogP contribution in [0, 0.1) is 0 Å². The quantitative estimate of drug-likeness (QED) is 0.943. The molecule has 0 bridgehead atoms. The van der Waals surface area contributed by atoms with Crippen LogP contribution in [0.3, 0.4) is 0 Å². The van der Waals surface area contributed by atoms with Gasteiger partial charge in [0.1, 0.15) is 12.7 Å². The number of carbonyl (C=O) groups is 1. The van der Waals surface area contributed by atoms with Gasteiger partial charge in [-0.15, -0.1) is 0 Å². The van der Waals surface area contributed by atoms with Gasteiger partial charge in [0, 0.05) is 4.47 Å². The molecule has 0 radical (unpaired) electrons. The van der Waals surface area contributed by atoms with Crippen LogP contribution in [0.2, 0.25) is 0 Å². The van der Waals surface area contributed by atoms with E-state index in [4.69, 9.17) is 5.11 Å². The van der Waals surface area contributed by atoms with Crippen molar-refractivity contribution in [3.05, 3.63) is 40.9 Å². The first-order chi connectivity index (χ1) is 8.09. The third kappa shape index (κ3) is 2.36. The number of benzene rings is 1. The number of nitrogens with zero attached hydrogens (tertiary/aromatic N) is 3. The lowest BCUT2D eigenvalue weighted by Crippen LogP contribution is -2.07. The van der Waals surface area contributed by atoms with Gasteiger partial charge in [-0.25, -0.2) is 9.67 Å². The number of halogens is 1. The van der Waals surface area contributed by atoms with Crippen molar-refractivity contribution < 1.29 is 9.90 Å². The van der Waals surface area contributed by atoms with Gasteiger partial charge in [-0.3, -0.25) is 4.79 Å². The van der Waals surface area contributed by atoms with Crippen LogP contribution in [0.4, 0.5) is 0 Å². The van der Waals surface area contributed by atoms with E-state index in [0.717, 1.165) is 15.7 Å². The second-order valence-corrected chi connectivity index (χ2v) is 4.47. The summed E-state index contributed by atoms with van der Waals surface area (Å²) in [5.41, 5.74) is 1.57. The largest absolute Gasteiger partial charge is 0.481 e. The van der Waals surface area contributed by atoms with Gasteiger partial charge in [-0.05, 0) is 40.5 Å². The summed E-state index contributed by atoms with van der Waals surface area (Å²) in [7, 11) is 0. The van der Waals surface area contributed by atoms with Crippen LogP contribution in [0.1, 0.15) is 18.4 Å². The van der Waals surface area contributed by atoms with Crippen LogP contribution in [0.15, 0.2) is 35.3 Å². The van der Waals surface area contributed by atoms with Crippen LogP contribution in [-0.2, 0) is 4.79 Å². The molecule has 1 N–H and O–H groups in total. The molecule has 1 atom stereocenters. The fraction of sp³-hybridized carbons (Fsp3) is 0.182. The van der Waals surface area contributed by atoms with E-state index < -0.39 is 11.9 Å². The molecule has 17 heavy (non-hydrogen) atoms. The molecule has 1 heterocycles. The van der Waals surface area contributed by atoms with Gasteiger partial charge >= 0.3 is 5.97 Å². The fourth-order valence-corrected chi connectivity index (χ4v) is 2.03. The zero-order valence-electron chi connectivity index (χ0n) is 9.04. The van der Waals surface area contributed by atoms with Crippen molar-refractivity contribution in [1.82, 2.24) is 14.8 Å². The molecule has 0 aliphatic carbocycles. The minimum absolute atomic E-state index is 0.531. The zero-order valence-corrected chi connectivity index (χ0v) is 10.6. The second kappa shape index (κ2) is 4.67. The highest BCUT2D eigenvalue weighted by atomic mass is 79.9. The number of carboxylic acids is 1. The summed E-state index contributed by atoms with van der Waals surface area (Å²) in [4.78, 5) is 14.7. The van der Waals surface area contributed by atoms with Crippen LogP contribution >= 0.6 is 15.9 Å². The van der Waals surface area contributed by atoms with Crippen molar-refractivity contribution in [2.45, 2.75) is 12.8 Å². The SMILES string of the molecule is CC(C(=O)O)c1ccc(-n2cncn2)c(Br)c1. The summed E-state index contributed by atoms with van der Waals surface area (Å²) in [5.74, 6) is -1.37. The van der Waals surface area contributed by atoms with E-state index >= 15 is 0 Å². The Balaban J connectivity index is 2.39. The summed E-state index contributed by atoms with van der Waals surface area (Å²) in [6.45, 7) is 1.65. The smallest absolute Gasteiger partial charge is 0.310 e. The summed E-state index contributed by atoms with van der Waals surface area (Å²) in [6, 6.07) is 5.38. The van der Waals surface area contributed by atoms with Crippen molar-refractivity contribution in [2.24, 2.45) is 0 Å². The van der Waals surface area contributed by atoms with Crippen LogP contribution in [-0.4, -0.2) is 25.8 Å². The Morgan fingerprint density at radius 3 is 2.82 bits per heavy atom. The molecule has 0 aliphatic heterocycles. The van der Waals surface area contributed by atoms with Crippen molar-refractivity contribution in [1.29, 1.82) is 0 Å². The number of carboxylic acid groups (broad SMARTS) is 1. The second-order valence-electron chi connectivity index (χ2n) is 3.61. The molecule has 0 saturated heterocycles. The highest BCUT2D eigenvalue weighted by Crippen LogP contribution is 2.25. The first-order valence-corrected chi connectivity index (χ1v) is 5.76. The van der Waals surface area contributed by atoms with Crippen molar-refractivity contribution in [3.63, 3.8) is 0 Å². The van der Waals surface area contributed by atoms with Gasteiger partial charge in [0.15, 0.2) is 0 Å². The van der Waals surface area contributed by atoms with Gasteiger partial charge in [0.2, 0.25) is 0 Å². The number of hydrogen-bond donors (Lipinski definition) is 1. The lowest BCUT2D eigenvalue weighted by atomic mass is 10.0. The Kier molecular flexibility index (Phi) is 3.23. The highest BCUT2D eigenvalue weighted by Gasteiger charge is 2.15. The van der Waals surface area contributed by atoms with E-state index in [9.17, 15) is 4.79 Å². The van der Waals surface area contributed by atoms with E-state index in [1.54, 1.807) is 30.1 Å². The van der Waals surface area contributed by atoms with E-state index in [1.165, 1.54) is 6.33 Å². The molecule has 0 aliphatic rings. The van der Waals surface area contributed by atoms with Gasteiger partial charge in [-0.1, -0.05) is 6.07 Å². The Morgan fingerprint density at radius 2 is 2.29 bits per heavy atom. The monoisotopic (exact) mass is 295 g/mol. The normalized spacial score (nSPS) is 12.4. The predicted octanol–water partition coefficient (Wildman–Crippen LogP) is 2.22. The van der Waals surface area contributed by atoms with E-state index in [2.05, 4.69) is 26.0 Å². The molecule has 1 aromatic heterocycles. The van der Waals surface area contributed by atoms with Crippen molar-refractivity contribution in [3.8, 4) is 5.69 Å². The summed E-state index contributed by atoms with van der Waals surface area (Å²) < 4.78 is 2.40. The van der Waals surface area contributed by atoms with Crippen LogP contribution < -0.4 is 0 Å². The number of rotatable bonds is 3. The van der Waals surface area contributed by atoms with Gasteiger partial charge in [0.25, 0.3) is 0 Å². The van der Waals surface area contributed by atoms with Crippen molar-refractivity contribution in [2.75, 3.05) is 0 Å². The average Bonchev–Trinajstić information content (AvgIpc) is 2.81. The zero-order chi connectivity index (χ0) is 12.4. The number of aromatic nitrogens is 3. The first kappa shape index (κ1) is 11.8. The predicted molar refractivity (Wildman–Crippen MR) is 65.1 cm³/mol.